The van der Waals surface area contributed by atoms with Crippen LogP contribution in [-0.2, 0) is 17.9 Å². The molecule has 0 bridgehead atoms. The first-order valence-electron chi connectivity index (χ1n) is 8.38. The third kappa shape index (κ3) is 5.34. The molecule has 4 nitrogen and oxygen atoms in total. The molecular formula is C18H28N2O2. The highest BCUT2D eigenvalue weighted by atomic mass is 16.5. The van der Waals surface area contributed by atoms with Crippen LogP contribution in [-0.4, -0.2) is 30.1 Å². The fourth-order valence-electron chi connectivity index (χ4n) is 2.68. The quantitative estimate of drug-likeness (QED) is 0.901. The van der Waals surface area contributed by atoms with Gasteiger partial charge in [-0.05, 0) is 37.8 Å². The van der Waals surface area contributed by atoms with Crippen LogP contribution in [0, 0.1) is 0 Å². The van der Waals surface area contributed by atoms with Crippen LogP contribution in [0.4, 0.5) is 4.79 Å². The van der Waals surface area contributed by atoms with Gasteiger partial charge in [0.2, 0.25) is 0 Å². The minimum Gasteiger partial charge on any atom is -0.374 e. The predicted molar refractivity (Wildman–Crippen MR) is 88.6 cm³/mol. The number of nitrogens with one attached hydrogen (secondary N) is 1. The highest BCUT2D eigenvalue weighted by Crippen LogP contribution is 2.13. The first kappa shape index (κ1) is 16.8. The Balaban J connectivity index is 1.88. The number of hydrogen-bond acceptors (Lipinski definition) is 2. The SMILES string of the molecule is CC(C)OCc1ccccc1CNC(=O)N1CCCCCC1. The van der Waals surface area contributed by atoms with E-state index in [0.717, 1.165) is 37.1 Å². The zero-order chi connectivity index (χ0) is 15.8. The lowest BCUT2D eigenvalue weighted by atomic mass is 10.1. The maximum atomic E-state index is 12.3. The molecule has 1 N–H and O–H groups in total. The number of urea groups is 1. The molecule has 122 valence electrons. The molecule has 0 aliphatic carbocycles. The highest BCUT2D eigenvalue weighted by molar-refractivity contribution is 5.74. The maximum absolute atomic E-state index is 12.3. The van der Waals surface area contributed by atoms with Gasteiger partial charge in [-0.15, -0.1) is 0 Å². The van der Waals surface area contributed by atoms with Gasteiger partial charge < -0.3 is 15.0 Å². The van der Waals surface area contributed by atoms with E-state index in [1.165, 1.54) is 12.8 Å². The molecule has 1 aliphatic heterocycles. The van der Waals surface area contributed by atoms with Crippen LogP contribution in [0.25, 0.3) is 0 Å². The van der Waals surface area contributed by atoms with Crippen molar-refractivity contribution in [1.29, 1.82) is 0 Å². The van der Waals surface area contributed by atoms with Crippen LogP contribution in [0.2, 0.25) is 0 Å². The summed E-state index contributed by atoms with van der Waals surface area (Å²) in [6.07, 6.45) is 4.91. The van der Waals surface area contributed by atoms with E-state index in [2.05, 4.69) is 17.4 Å². The van der Waals surface area contributed by atoms with Gasteiger partial charge in [0.05, 0.1) is 12.7 Å². The van der Waals surface area contributed by atoms with Crippen molar-refractivity contribution in [2.75, 3.05) is 13.1 Å². The van der Waals surface area contributed by atoms with Gasteiger partial charge in [0.1, 0.15) is 0 Å². The molecule has 0 atom stereocenters. The second kappa shape index (κ2) is 8.79. The largest absolute Gasteiger partial charge is 0.374 e. The van der Waals surface area contributed by atoms with Gasteiger partial charge in [0, 0.05) is 19.6 Å². The third-order valence-corrected chi connectivity index (χ3v) is 4.01. The van der Waals surface area contributed by atoms with Crippen LogP contribution in [0.1, 0.15) is 50.7 Å². The van der Waals surface area contributed by atoms with Gasteiger partial charge in [-0.25, -0.2) is 4.79 Å². The number of rotatable bonds is 5. The van der Waals surface area contributed by atoms with Crippen LogP contribution < -0.4 is 5.32 Å². The smallest absolute Gasteiger partial charge is 0.317 e. The topological polar surface area (TPSA) is 41.6 Å². The van der Waals surface area contributed by atoms with Crippen molar-refractivity contribution in [1.82, 2.24) is 10.2 Å². The fraction of sp³-hybridized carbons (Fsp3) is 0.611. The van der Waals surface area contributed by atoms with Crippen molar-refractivity contribution in [3.05, 3.63) is 35.4 Å². The summed E-state index contributed by atoms with van der Waals surface area (Å²) in [4.78, 5) is 14.2. The van der Waals surface area contributed by atoms with E-state index < -0.39 is 0 Å². The molecule has 0 aromatic heterocycles. The molecule has 4 heteroatoms. The van der Waals surface area contributed by atoms with Crippen molar-refractivity contribution in [3.8, 4) is 0 Å². The van der Waals surface area contributed by atoms with E-state index in [4.69, 9.17) is 4.74 Å². The molecule has 2 rings (SSSR count). The molecule has 0 saturated carbocycles. The molecule has 0 unspecified atom stereocenters. The lowest BCUT2D eigenvalue weighted by molar-refractivity contribution is 0.0652. The second-order valence-electron chi connectivity index (χ2n) is 6.19. The van der Waals surface area contributed by atoms with E-state index >= 15 is 0 Å². The molecule has 2 amide bonds. The lowest BCUT2D eigenvalue weighted by Crippen LogP contribution is -2.40. The Morgan fingerprint density at radius 2 is 1.77 bits per heavy atom. The summed E-state index contributed by atoms with van der Waals surface area (Å²) >= 11 is 0. The third-order valence-electron chi connectivity index (χ3n) is 4.01. The number of nitrogens with zero attached hydrogens (tertiary/aromatic N) is 1. The van der Waals surface area contributed by atoms with Crippen molar-refractivity contribution in [2.45, 2.75) is 58.8 Å². The normalized spacial score (nSPS) is 15.7. The summed E-state index contributed by atoms with van der Waals surface area (Å²) in [5, 5.41) is 3.06. The average Bonchev–Trinajstić information content (AvgIpc) is 2.80. The molecule has 22 heavy (non-hydrogen) atoms. The first-order chi connectivity index (χ1) is 10.7. The molecular weight excluding hydrogens is 276 g/mol. The minimum absolute atomic E-state index is 0.0569. The Morgan fingerprint density at radius 1 is 1.14 bits per heavy atom. The van der Waals surface area contributed by atoms with E-state index in [1.54, 1.807) is 0 Å². The van der Waals surface area contributed by atoms with Gasteiger partial charge in [0.25, 0.3) is 0 Å². The van der Waals surface area contributed by atoms with E-state index in [-0.39, 0.29) is 12.1 Å². The highest BCUT2D eigenvalue weighted by Gasteiger charge is 2.15. The standard InChI is InChI=1S/C18H28N2O2/c1-15(2)22-14-17-10-6-5-9-16(17)13-19-18(21)20-11-7-3-4-8-12-20/h5-6,9-10,15H,3-4,7-8,11-14H2,1-2H3,(H,19,21). The van der Waals surface area contributed by atoms with Crippen molar-refractivity contribution >= 4 is 6.03 Å². The van der Waals surface area contributed by atoms with E-state index in [0.29, 0.717) is 13.2 Å². The van der Waals surface area contributed by atoms with Crippen LogP contribution in [0.3, 0.4) is 0 Å². The number of likely N-dealkylation sites (tertiary alicyclic amines) is 1. The number of carbonyl (C=O) groups excluding carboxylic acids is 1. The van der Waals surface area contributed by atoms with Crippen molar-refractivity contribution in [3.63, 3.8) is 0 Å². The van der Waals surface area contributed by atoms with Crippen LogP contribution in [0.15, 0.2) is 24.3 Å². The minimum atomic E-state index is 0.0569. The van der Waals surface area contributed by atoms with Crippen molar-refractivity contribution < 1.29 is 9.53 Å². The van der Waals surface area contributed by atoms with Crippen molar-refractivity contribution in [2.24, 2.45) is 0 Å². The van der Waals surface area contributed by atoms with Gasteiger partial charge in [-0.2, -0.15) is 0 Å². The molecule has 1 heterocycles. The fourth-order valence-corrected chi connectivity index (χ4v) is 2.68. The molecule has 1 aliphatic rings. The Morgan fingerprint density at radius 3 is 2.41 bits per heavy atom. The summed E-state index contributed by atoms with van der Waals surface area (Å²) in [6.45, 7) is 6.97. The van der Waals surface area contributed by atoms with E-state index in [1.807, 2.05) is 30.9 Å². The average molecular weight is 304 g/mol. The summed E-state index contributed by atoms with van der Waals surface area (Å²) in [7, 11) is 0. The predicted octanol–water partition coefficient (Wildman–Crippen LogP) is 3.70. The Hall–Kier alpha value is -1.55. The van der Waals surface area contributed by atoms with Gasteiger partial charge in [0.15, 0.2) is 0 Å². The molecule has 1 fully saturated rings. The summed E-state index contributed by atoms with van der Waals surface area (Å²) in [6, 6.07) is 8.20. The monoisotopic (exact) mass is 304 g/mol. The van der Waals surface area contributed by atoms with Gasteiger partial charge in [-0.1, -0.05) is 37.1 Å². The van der Waals surface area contributed by atoms with Gasteiger partial charge in [-0.3, -0.25) is 0 Å². The number of ether oxygens (including phenoxy) is 1. The second-order valence-corrected chi connectivity index (χ2v) is 6.19. The summed E-state index contributed by atoms with van der Waals surface area (Å²) < 4.78 is 5.69. The van der Waals surface area contributed by atoms with Crippen LogP contribution in [0.5, 0.6) is 0 Å². The number of carbonyl (C=O) groups is 1. The molecule has 1 saturated heterocycles. The molecule has 0 spiro atoms. The number of benzene rings is 1. The molecule has 1 aromatic carbocycles. The van der Waals surface area contributed by atoms with Gasteiger partial charge >= 0.3 is 6.03 Å². The number of hydrogen-bond donors (Lipinski definition) is 1. The first-order valence-corrected chi connectivity index (χ1v) is 8.38. The number of amides is 2. The molecule has 0 radical (unpaired) electrons. The maximum Gasteiger partial charge on any atom is 0.317 e. The summed E-state index contributed by atoms with van der Waals surface area (Å²) in [5.41, 5.74) is 2.28. The Bertz CT molecular complexity index is 466. The molecule has 1 aromatic rings. The Labute approximate surface area is 133 Å². The summed E-state index contributed by atoms with van der Waals surface area (Å²) in [5.74, 6) is 0. The van der Waals surface area contributed by atoms with E-state index in [9.17, 15) is 4.79 Å². The zero-order valence-electron chi connectivity index (χ0n) is 13.8. The van der Waals surface area contributed by atoms with Crippen LogP contribution >= 0.6 is 0 Å². The lowest BCUT2D eigenvalue weighted by Gasteiger charge is -2.21. The zero-order valence-corrected chi connectivity index (χ0v) is 13.8. The Kier molecular flexibility index (Phi) is 6.72.